The number of amides is 1. The monoisotopic (exact) mass is 611 g/mol. The molecular weight excluding hydrogens is 585 g/mol. The maximum absolute atomic E-state index is 12.6. The molecule has 0 spiro atoms. The Kier molecular flexibility index (Phi) is 10.3. The number of rotatable bonds is 11. The van der Waals surface area contributed by atoms with Crippen molar-refractivity contribution in [2.24, 2.45) is 5.92 Å². The molecule has 4 rings (SSSR count). The van der Waals surface area contributed by atoms with Crippen molar-refractivity contribution in [2.75, 3.05) is 24.7 Å². The van der Waals surface area contributed by atoms with Crippen molar-refractivity contribution in [3.63, 3.8) is 0 Å². The number of nitrogens with zero attached hydrogens (tertiary/aromatic N) is 1. The van der Waals surface area contributed by atoms with E-state index < -0.39 is 36.2 Å². The average Bonchev–Trinajstić information content (AvgIpc) is 3.37. The van der Waals surface area contributed by atoms with Crippen LogP contribution in [0.15, 0.2) is 66.7 Å². The van der Waals surface area contributed by atoms with Gasteiger partial charge in [0.25, 0.3) is 0 Å². The number of halogens is 2. The Hall–Kier alpha value is -4.21. The fraction of sp³-hybridized carbons (Fsp3) is 0.258. The number of hydrogen-bond acceptors (Lipinski definition) is 8. The van der Waals surface area contributed by atoms with E-state index in [4.69, 9.17) is 37.4 Å². The van der Waals surface area contributed by atoms with Crippen LogP contribution in [0.25, 0.3) is 0 Å². The molecule has 9 nitrogen and oxygen atoms in total. The zero-order valence-corrected chi connectivity index (χ0v) is 24.2. The summed E-state index contributed by atoms with van der Waals surface area (Å²) in [7, 11) is 0. The molecule has 0 bridgehead atoms. The van der Waals surface area contributed by atoms with E-state index in [9.17, 15) is 24.0 Å². The lowest BCUT2D eigenvalue weighted by molar-refractivity contribution is -0.147. The lowest BCUT2D eigenvalue weighted by Gasteiger charge is -2.17. The van der Waals surface area contributed by atoms with Crippen LogP contribution in [0.2, 0.25) is 10.0 Å². The molecule has 1 fully saturated rings. The van der Waals surface area contributed by atoms with Gasteiger partial charge in [0.2, 0.25) is 5.91 Å². The van der Waals surface area contributed by atoms with E-state index in [1.165, 1.54) is 47.4 Å². The minimum absolute atomic E-state index is 0.0640. The smallest absolute Gasteiger partial charge is 0.345 e. The number of ketones is 1. The van der Waals surface area contributed by atoms with E-state index in [0.717, 1.165) is 12.8 Å². The number of unbranched alkanes of at least 4 members (excludes halogenated alkanes) is 1. The summed E-state index contributed by atoms with van der Waals surface area (Å²) in [5, 5.41) is 0.524. The summed E-state index contributed by atoms with van der Waals surface area (Å²) in [6.45, 7) is 1.91. The highest BCUT2D eigenvalue weighted by atomic mass is 35.5. The van der Waals surface area contributed by atoms with Crippen molar-refractivity contribution >= 4 is 58.5 Å². The van der Waals surface area contributed by atoms with Crippen LogP contribution < -0.4 is 9.64 Å². The first-order valence-corrected chi connectivity index (χ1v) is 14.0. The highest BCUT2D eigenvalue weighted by Crippen LogP contribution is 2.27. The van der Waals surface area contributed by atoms with Crippen LogP contribution in [-0.4, -0.2) is 49.4 Å². The van der Waals surface area contributed by atoms with Gasteiger partial charge in [0.1, 0.15) is 5.75 Å². The third-order valence-corrected chi connectivity index (χ3v) is 7.04. The fourth-order valence-corrected chi connectivity index (χ4v) is 4.63. The van der Waals surface area contributed by atoms with Crippen molar-refractivity contribution in [3.05, 3.63) is 93.5 Å². The molecule has 1 aliphatic heterocycles. The van der Waals surface area contributed by atoms with E-state index in [1.807, 2.05) is 6.92 Å². The second-order valence-corrected chi connectivity index (χ2v) is 10.4. The molecule has 1 saturated heterocycles. The van der Waals surface area contributed by atoms with Gasteiger partial charge in [-0.25, -0.2) is 9.59 Å². The molecule has 0 unspecified atom stereocenters. The molecule has 0 saturated carbocycles. The van der Waals surface area contributed by atoms with Gasteiger partial charge in [0, 0.05) is 29.2 Å². The Labute approximate surface area is 252 Å². The van der Waals surface area contributed by atoms with E-state index in [2.05, 4.69) is 0 Å². The number of benzene rings is 3. The standard InChI is InChI=1S/C31H27Cl2NO8/c1-2-3-14-40-29(37)20-4-9-23(10-5-20)34-17-21(15-28(34)36)30(38)41-18-27(35)19-6-11-24(12-7-19)42-31(39)25-13-8-22(32)16-26(25)33/h4-13,16,21H,2-3,14-15,17-18H2,1H3/t21-/m1/s1. The topological polar surface area (TPSA) is 116 Å². The quantitative estimate of drug-likeness (QED) is 0.113. The number of anilines is 1. The second-order valence-electron chi connectivity index (χ2n) is 9.51. The van der Waals surface area contributed by atoms with Crippen LogP contribution in [0.3, 0.4) is 0 Å². The summed E-state index contributed by atoms with van der Waals surface area (Å²) in [6, 6.07) is 16.5. The molecule has 1 aliphatic rings. The Bertz CT molecular complexity index is 1490. The Morgan fingerprint density at radius 2 is 1.57 bits per heavy atom. The van der Waals surface area contributed by atoms with Gasteiger partial charge in [-0.1, -0.05) is 36.5 Å². The maximum atomic E-state index is 12.6. The Balaban J connectivity index is 1.26. The molecule has 1 heterocycles. The first-order chi connectivity index (χ1) is 20.2. The summed E-state index contributed by atoms with van der Waals surface area (Å²) >= 11 is 11.9. The molecule has 0 aromatic heterocycles. The molecule has 0 radical (unpaired) electrons. The number of carbonyl (C=O) groups excluding carboxylic acids is 5. The van der Waals surface area contributed by atoms with Crippen LogP contribution in [0.1, 0.15) is 57.3 Å². The Morgan fingerprint density at radius 1 is 0.881 bits per heavy atom. The fourth-order valence-electron chi connectivity index (χ4n) is 4.15. The predicted molar refractivity (Wildman–Crippen MR) is 155 cm³/mol. The molecule has 42 heavy (non-hydrogen) atoms. The van der Waals surface area contributed by atoms with E-state index >= 15 is 0 Å². The summed E-state index contributed by atoms with van der Waals surface area (Å²) in [5.74, 6) is -3.09. The van der Waals surface area contributed by atoms with Crippen molar-refractivity contribution in [3.8, 4) is 5.75 Å². The van der Waals surface area contributed by atoms with E-state index in [1.54, 1.807) is 24.3 Å². The molecule has 0 N–H and O–H groups in total. The number of esters is 3. The number of ether oxygens (including phenoxy) is 3. The number of carbonyl (C=O) groups is 5. The van der Waals surface area contributed by atoms with Crippen molar-refractivity contribution in [1.82, 2.24) is 0 Å². The van der Waals surface area contributed by atoms with Gasteiger partial charge in [-0.15, -0.1) is 0 Å². The largest absolute Gasteiger partial charge is 0.462 e. The summed E-state index contributed by atoms with van der Waals surface area (Å²) < 4.78 is 15.7. The van der Waals surface area contributed by atoms with Gasteiger partial charge in [-0.2, -0.15) is 0 Å². The number of Topliss-reactive ketones (excluding diaryl/α,β-unsaturated/α-hetero) is 1. The summed E-state index contributed by atoms with van der Waals surface area (Å²) in [4.78, 5) is 63.7. The first-order valence-electron chi connectivity index (χ1n) is 13.2. The molecule has 3 aromatic rings. The highest BCUT2D eigenvalue weighted by Gasteiger charge is 2.36. The van der Waals surface area contributed by atoms with E-state index in [0.29, 0.717) is 22.9 Å². The van der Waals surface area contributed by atoms with Crippen LogP contribution in [-0.2, 0) is 19.1 Å². The van der Waals surface area contributed by atoms with Crippen LogP contribution >= 0.6 is 23.2 Å². The number of hydrogen-bond donors (Lipinski definition) is 0. The average molecular weight is 612 g/mol. The van der Waals surface area contributed by atoms with Gasteiger partial charge >= 0.3 is 17.9 Å². The van der Waals surface area contributed by atoms with Crippen molar-refractivity contribution in [2.45, 2.75) is 26.2 Å². The Morgan fingerprint density at radius 3 is 2.24 bits per heavy atom. The van der Waals surface area contributed by atoms with Gasteiger partial charge in [-0.05, 0) is 73.2 Å². The van der Waals surface area contributed by atoms with Crippen LogP contribution in [0.5, 0.6) is 5.75 Å². The van der Waals surface area contributed by atoms with Gasteiger partial charge in [0.15, 0.2) is 12.4 Å². The molecule has 3 aromatic carbocycles. The molecule has 1 atom stereocenters. The lowest BCUT2D eigenvalue weighted by Crippen LogP contribution is -2.27. The summed E-state index contributed by atoms with van der Waals surface area (Å²) in [6.07, 6.45) is 1.63. The van der Waals surface area contributed by atoms with Crippen LogP contribution in [0.4, 0.5) is 5.69 Å². The zero-order valence-electron chi connectivity index (χ0n) is 22.6. The molecule has 0 aliphatic carbocycles. The third kappa shape index (κ3) is 7.74. The molecule has 218 valence electrons. The normalized spacial score (nSPS) is 14.4. The first kappa shape index (κ1) is 30.7. The van der Waals surface area contributed by atoms with Crippen molar-refractivity contribution in [1.29, 1.82) is 0 Å². The predicted octanol–water partition coefficient (Wildman–Crippen LogP) is 5.95. The molecule has 1 amide bonds. The SMILES string of the molecule is CCCCOC(=O)c1ccc(N2C[C@H](C(=O)OCC(=O)c3ccc(OC(=O)c4ccc(Cl)cc4Cl)cc3)CC2=O)cc1. The second kappa shape index (κ2) is 14.1. The third-order valence-electron chi connectivity index (χ3n) is 6.49. The van der Waals surface area contributed by atoms with E-state index in [-0.39, 0.29) is 40.8 Å². The summed E-state index contributed by atoms with van der Waals surface area (Å²) in [5.41, 5.74) is 1.28. The van der Waals surface area contributed by atoms with Crippen LogP contribution in [0, 0.1) is 5.92 Å². The maximum Gasteiger partial charge on any atom is 0.345 e. The van der Waals surface area contributed by atoms with Crippen molar-refractivity contribution < 1.29 is 38.2 Å². The highest BCUT2D eigenvalue weighted by molar-refractivity contribution is 6.36. The van der Waals surface area contributed by atoms with Gasteiger partial charge in [-0.3, -0.25) is 14.4 Å². The zero-order chi connectivity index (χ0) is 30.2. The molecule has 11 heteroatoms. The van der Waals surface area contributed by atoms with Gasteiger partial charge in [0.05, 0.1) is 28.7 Å². The molecular formula is C31H27Cl2NO8. The lowest BCUT2D eigenvalue weighted by atomic mass is 10.1. The minimum atomic E-state index is -0.745. The minimum Gasteiger partial charge on any atom is -0.462 e. The van der Waals surface area contributed by atoms with Gasteiger partial charge < -0.3 is 19.1 Å².